The van der Waals surface area contributed by atoms with Crippen LogP contribution >= 0.6 is 11.3 Å². The van der Waals surface area contributed by atoms with Crippen molar-refractivity contribution in [3.63, 3.8) is 0 Å². The third-order valence-corrected chi connectivity index (χ3v) is 4.95. The lowest BCUT2D eigenvalue weighted by atomic mass is 9.77. The van der Waals surface area contributed by atoms with Crippen molar-refractivity contribution < 1.29 is 4.79 Å². The van der Waals surface area contributed by atoms with E-state index >= 15 is 0 Å². The highest BCUT2D eigenvalue weighted by atomic mass is 32.1. The fourth-order valence-electron chi connectivity index (χ4n) is 2.67. The Bertz CT molecular complexity index is 389. The maximum absolute atomic E-state index is 11.2. The summed E-state index contributed by atoms with van der Waals surface area (Å²) >= 11 is 1.66. The largest absolute Gasteiger partial charge is 0.293 e. The Morgan fingerprint density at radius 1 is 1.35 bits per heavy atom. The molecule has 0 bridgehead atoms. The highest BCUT2D eigenvalue weighted by Crippen LogP contribution is 2.39. The van der Waals surface area contributed by atoms with Crippen molar-refractivity contribution in [1.82, 2.24) is 4.98 Å². The molecule has 0 unspecified atom stereocenters. The molecule has 2 rings (SSSR count). The van der Waals surface area contributed by atoms with Crippen molar-refractivity contribution in [2.24, 2.45) is 11.8 Å². The number of rotatable bonds is 3. The molecule has 0 N–H and O–H groups in total. The van der Waals surface area contributed by atoms with Gasteiger partial charge in [-0.05, 0) is 37.5 Å². The van der Waals surface area contributed by atoms with Crippen LogP contribution in [0.4, 0.5) is 0 Å². The van der Waals surface area contributed by atoms with Gasteiger partial charge >= 0.3 is 0 Å². The molecule has 94 valence electrons. The average Bonchev–Trinajstić information content (AvgIpc) is 2.78. The second kappa shape index (κ2) is 5.30. The van der Waals surface area contributed by atoms with Gasteiger partial charge in [-0.25, -0.2) is 4.98 Å². The van der Waals surface area contributed by atoms with E-state index in [1.54, 1.807) is 18.3 Å². The molecule has 0 radical (unpaired) electrons. The van der Waals surface area contributed by atoms with E-state index in [2.05, 4.69) is 18.8 Å². The first kappa shape index (κ1) is 12.7. The molecule has 1 aromatic rings. The smallest absolute Gasteiger partial charge is 0.178 e. The van der Waals surface area contributed by atoms with E-state index < -0.39 is 0 Å². The molecule has 2 nitrogen and oxygen atoms in total. The van der Waals surface area contributed by atoms with Crippen LogP contribution in [0.1, 0.15) is 67.9 Å². The monoisotopic (exact) mass is 251 g/mol. The predicted molar refractivity (Wildman–Crippen MR) is 71.7 cm³/mol. The number of ketones is 1. The molecule has 1 fully saturated rings. The summed E-state index contributed by atoms with van der Waals surface area (Å²) in [6.07, 6.45) is 5.12. The van der Waals surface area contributed by atoms with Crippen molar-refractivity contribution in [2.45, 2.75) is 52.4 Å². The molecule has 1 aliphatic rings. The Kier molecular flexibility index (Phi) is 3.97. The van der Waals surface area contributed by atoms with Crippen molar-refractivity contribution >= 4 is 17.1 Å². The molecule has 3 heteroatoms. The minimum Gasteiger partial charge on any atom is -0.293 e. The summed E-state index contributed by atoms with van der Waals surface area (Å²) in [6.45, 7) is 6.24. The molecule has 0 saturated heterocycles. The van der Waals surface area contributed by atoms with Crippen LogP contribution in [0, 0.1) is 11.8 Å². The Morgan fingerprint density at radius 2 is 2.00 bits per heavy atom. The van der Waals surface area contributed by atoms with Crippen LogP contribution in [-0.2, 0) is 0 Å². The second-order valence-corrected chi connectivity index (χ2v) is 6.37. The van der Waals surface area contributed by atoms with Crippen molar-refractivity contribution in [3.05, 3.63) is 16.1 Å². The van der Waals surface area contributed by atoms with E-state index in [9.17, 15) is 4.79 Å². The molecule has 0 aromatic carbocycles. The number of aromatic nitrogens is 1. The lowest BCUT2D eigenvalue weighted by molar-refractivity contribution is 0.101. The van der Waals surface area contributed by atoms with Gasteiger partial charge in [0.25, 0.3) is 0 Å². The third kappa shape index (κ3) is 2.95. The van der Waals surface area contributed by atoms with Crippen molar-refractivity contribution in [2.75, 3.05) is 0 Å². The number of thiazole rings is 1. The average molecular weight is 251 g/mol. The van der Waals surface area contributed by atoms with Gasteiger partial charge in [-0.2, -0.15) is 0 Å². The molecule has 1 heterocycles. The zero-order valence-electron chi connectivity index (χ0n) is 10.9. The van der Waals surface area contributed by atoms with E-state index in [1.165, 1.54) is 30.7 Å². The number of hydrogen-bond acceptors (Lipinski definition) is 3. The molecule has 17 heavy (non-hydrogen) atoms. The number of carbonyl (C=O) groups excluding carboxylic acids is 1. The topological polar surface area (TPSA) is 30.0 Å². The Hall–Kier alpha value is -0.700. The quantitative estimate of drug-likeness (QED) is 0.751. The number of hydrogen-bond donors (Lipinski definition) is 0. The molecular weight excluding hydrogens is 230 g/mol. The van der Waals surface area contributed by atoms with Gasteiger partial charge in [0, 0.05) is 18.2 Å². The predicted octanol–water partition coefficient (Wildman–Crippen LogP) is 4.28. The fourth-order valence-corrected chi connectivity index (χ4v) is 3.70. The molecule has 0 spiro atoms. The Morgan fingerprint density at radius 3 is 2.47 bits per heavy atom. The van der Waals surface area contributed by atoms with Gasteiger partial charge in [0.05, 0.1) is 5.01 Å². The number of Topliss-reactive ketones (excluding diaryl/α,β-unsaturated/α-hetero) is 1. The normalized spacial score (nSPS) is 25.2. The molecular formula is C14H21NOS. The fraction of sp³-hybridized carbons (Fsp3) is 0.714. The third-order valence-electron chi connectivity index (χ3n) is 3.95. The molecule has 0 aliphatic heterocycles. The maximum Gasteiger partial charge on any atom is 0.178 e. The van der Waals surface area contributed by atoms with E-state index in [4.69, 9.17) is 0 Å². The van der Waals surface area contributed by atoms with E-state index in [-0.39, 0.29) is 5.78 Å². The lowest BCUT2D eigenvalue weighted by Gasteiger charge is -2.29. The van der Waals surface area contributed by atoms with Crippen molar-refractivity contribution in [1.29, 1.82) is 0 Å². The standard InChI is InChI=1S/C14H21NOS/c1-9(2)11-4-6-12(7-5-11)14-15-13(8-17-14)10(3)16/h8-9,11-12H,4-7H2,1-3H3. The van der Waals surface area contributed by atoms with E-state index in [1.807, 2.05) is 5.38 Å². The Balaban J connectivity index is 1.98. The van der Waals surface area contributed by atoms with Gasteiger partial charge in [0.2, 0.25) is 0 Å². The zero-order chi connectivity index (χ0) is 12.4. The number of carbonyl (C=O) groups is 1. The summed E-state index contributed by atoms with van der Waals surface area (Å²) in [4.78, 5) is 15.7. The van der Waals surface area contributed by atoms with E-state index in [0.29, 0.717) is 11.6 Å². The summed E-state index contributed by atoms with van der Waals surface area (Å²) in [5.41, 5.74) is 0.649. The molecule has 1 aromatic heterocycles. The summed E-state index contributed by atoms with van der Waals surface area (Å²) < 4.78 is 0. The minimum absolute atomic E-state index is 0.0865. The zero-order valence-corrected chi connectivity index (χ0v) is 11.7. The Labute approximate surface area is 107 Å². The first-order valence-corrected chi connectivity index (χ1v) is 7.42. The van der Waals surface area contributed by atoms with Gasteiger partial charge in [-0.15, -0.1) is 11.3 Å². The van der Waals surface area contributed by atoms with Crippen LogP contribution in [-0.4, -0.2) is 10.8 Å². The minimum atomic E-state index is 0.0865. The highest BCUT2D eigenvalue weighted by molar-refractivity contribution is 7.09. The molecule has 0 atom stereocenters. The molecule has 1 aliphatic carbocycles. The number of nitrogens with zero attached hydrogens (tertiary/aromatic N) is 1. The van der Waals surface area contributed by atoms with Crippen LogP contribution in [0.15, 0.2) is 5.38 Å². The summed E-state index contributed by atoms with van der Waals surface area (Å²) in [5.74, 6) is 2.38. The summed E-state index contributed by atoms with van der Waals surface area (Å²) in [5, 5.41) is 3.09. The first-order chi connectivity index (χ1) is 8.08. The van der Waals surface area contributed by atoms with Gasteiger partial charge in [-0.1, -0.05) is 13.8 Å². The summed E-state index contributed by atoms with van der Waals surface area (Å²) in [6, 6.07) is 0. The molecule has 0 amide bonds. The van der Waals surface area contributed by atoms with Crippen LogP contribution in [0.3, 0.4) is 0 Å². The van der Waals surface area contributed by atoms with Crippen molar-refractivity contribution in [3.8, 4) is 0 Å². The lowest BCUT2D eigenvalue weighted by Crippen LogP contribution is -2.17. The van der Waals surface area contributed by atoms with Crippen LogP contribution in [0.25, 0.3) is 0 Å². The SMILES string of the molecule is CC(=O)c1csc(C2CCC(C(C)C)CC2)n1. The first-order valence-electron chi connectivity index (χ1n) is 6.54. The van der Waals surface area contributed by atoms with Crippen LogP contribution in [0.5, 0.6) is 0 Å². The molecule has 1 saturated carbocycles. The van der Waals surface area contributed by atoms with Gasteiger partial charge in [-0.3, -0.25) is 4.79 Å². The van der Waals surface area contributed by atoms with Gasteiger partial charge < -0.3 is 0 Å². The van der Waals surface area contributed by atoms with Crippen LogP contribution in [0.2, 0.25) is 0 Å². The second-order valence-electron chi connectivity index (χ2n) is 5.48. The highest BCUT2D eigenvalue weighted by Gasteiger charge is 2.26. The van der Waals surface area contributed by atoms with Gasteiger partial charge in [0.1, 0.15) is 5.69 Å². The van der Waals surface area contributed by atoms with Gasteiger partial charge in [0.15, 0.2) is 5.78 Å². The van der Waals surface area contributed by atoms with Crippen LogP contribution < -0.4 is 0 Å². The maximum atomic E-state index is 11.2. The summed E-state index contributed by atoms with van der Waals surface area (Å²) in [7, 11) is 0. The van der Waals surface area contributed by atoms with E-state index in [0.717, 1.165) is 11.8 Å².